The van der Waals surface area contributed by atoms with Gasteiger partial charge in [0, 0.05) is 38.9 Å². The van der Waals surface area contributed by atoms with Gasteiger partial charge in [-0.3, -0.25) is 9.69 Å². The number of rotatable bonds is 5. The second kappa shape index (κ2) is 8.75. The highest BCUT2D eigenvalue weighted by Crippen LogP contribution is 2.35. The predicted molar refractivity (Wildman–Crippen MR) is 106 cm³/mol. The van der Waals surface area contributed by atoms with Gasteiger partial charge in [0.25, 0.3) is 0 Å². The number of halogens is 3. The highest BCUT2D eigenvalue weighted by molar-refractivity contribution is 7.89. The lowest BCUT2D eigenvalue weighted by Crippen LogP contribution is -2.51. The maximum Gasteiger partial charge on any atom is 0.417 e. The first-order valence-corrected chi connectivity index (χ1v) is 10.7. The van der Waals surface area contributed by atoms with Gasteiger partial charge < -0.3 is 4.90 Å². The Morgan fingerprint density at radius 3 is 2.13 bits per heavy atom. The summed E-state index contributed by atoms with van der Waals surface area (Å²) in [5.41, 5.74) is -0.431. The third-order valence-corrected chi connectivity index (χ3v) is 6.97. The number of likely N-dealkylation sites (N-methyl/N-ethyl adjacent to an activating group) is 1. The molecule has 0 aliphatic carbocycles. The zero-order chi connectivity index (χ0) is 21.9. The summed E-state index contributed by atoms with van der Waals surface area (Å²) >= 11 is 0. The second-order valence-corrected chi connectivity index (χ2v) is 8.87. The van der Waals surface area contributed by atoms with Gasteiger partial charge in [-0.25, -0.2) is 8.42 Å². The van der Waals surface area contributed by atoms with Crippen LogP contribution in [0.3, 0.4) is 0 Å². The summed E-state index contributed by atoms with van der Waals surface area (Å²) in [6, 6.07) is 13.3. The molecule has 1 aliphatic rings. The molecule has 0 saturated carbocycles. The first-order valence-electron chi connectivity index (χ1n) is 9.31. The van der Waals surface area contributed by atoms with Crippen molar-refractivity contribution < 1.29 is 26.4 Å². The number of sulfonamides is 1. The molecule has 0 N–H and O–H groups in total. The molecule has 2 aromatic rings. The van der Waals surface area contributed by atoms with Crippen LogP contribution in [0.1, 0.15) is 5.56 Å². The lowest BCUT2D eigenvalue weighted by Gasteiger charge is -2.34. The molecule has 6 nitrogen and oxygen atoms in total. The lowest BCUT2D eigenvalue weighted by atomic mass is 10.2. The van der Waals surface area contributed by atoms with Gasteiger partial charge in [-0.1, -0.05) is 30.3 Å². The van der Waals surface area contributed by atoms with Gasteiger partial charge in [-0.05, 0) is 24.3 Å². The quantitative estimate of drug-likeness (QED) is 0.716. The maximum absolute atomic E-state index is 13.2. The van der Waals surface area contributed by atoms with E-state index in [-0.39, 0.29) is 38.6 Å². The number of para-hydroxylation sites is 1. The molecule has 10 heteroatoms. The highest BCUT2D eigenvalue weighted by Gasteiger charge is 2.39. The topological polar surface area (TPSA) is 60.9 Å². The summed E-state index contributed by atoms with van der Waals surface area (Å²) in [7, 11) is -2.64. The SMILES string of the molecule is CN(C(=O)CN1CCN(S(=O)(=O)c2ccccc2C(F)(F)F)CC1)c1ccccc1. The number of alkyl halides is 3. The molecule has 162 valence electrons. The van der Waals surface area contributed by atoms with E-state index in [4.69, 9.17) is 0 Å². The van der Waals surface area contributed by atoms with E-state index in [0.717, 1.165) is 28.2 Å². The maximum atomic E-state index is 13.2. The number of piperazine rings is 1. The zero-order valence-electron chi connectivity index (χ0n) is 16.3. The Balaban J connectivity index is 1.65. The fourth-order valence-corrected chi connectivity index (χ4v) is 4.92. The third kappa shape index (κ3) is 4.82. The molecule has 2 aromatic carbocycles. The summed E-state index contributed by atoms with van der Waals surface area (Å²) in [5, 5.41) is 0. The average Bonchev–Trinajstić information content (AvgIpc) is 2.73. The fraction of sp³-hybridized carbons (Fsp3) is 0.350. The third-order valence-electron chi connectivity index (χ3n) is 5.02. The molecule has 0 aromatic heterocycles. The first-order chi connectivity index (χ1) is 14.1. The van der Waals surface area contributed by atoms with Gasteiger partial charge in [0.1, 0.15) is 0 Å². The van der Waals surface area contributed by atoms with E-state index < -0.39 is 26.7 Å². The molecule has 0 spiro atoms. The van der Waals surface area contributed by atoms with E-state index >= 15 is 0 Å². The van der Waals surface area contributed by atoms with Gasteiger partial charge in [0.2, 0.25) is 15.9 Å². The van der Waals surface area contributed by atoms with Crippen LogP contribution >= 0.6 is 0 Å². The molecule has 3 rings (SSSR count). The van der Waals surface area contributed by atoms with Crippen molar-refractivity contribution in [3.8, 4) is 0 Å². The molecular formula is C20H22F3N3O3S. The number of hydrogen-bond donors (Lipinski definition) is 0. The zero-order valence-corrected chi connectivity index (χ0v) is 17.2. The van der Waals surface area contributed by atoms with Crippen molar-refractivity contribution in [2.45, 2.75) is 11.1 Å². The van der Waals surface area contributed by atoms with Crippen molar-refractivity contribution in [2.75, 3.05) is 44.7 Å². The molecule has 1 amide bonds. The van der Waals surface area contributed by atoms with Crippen molar-refractivity contribution in [2.24, 2.45) is 0 Å². The highest BCUT2D eigenvalue weighted by atomic mass is 32.2. The standard InChI is InChI=1S/C20H22F3N3O3S/c1-24(16-7-3-2-4-8-16)19(27)15-25-11-13-26(14-12-25)30(28,29)18-10-6-5-9-17(18)20(21,22)23/h2-10H,11-15H2,1H3. The first kappa shape index (κ1) is 22.3. The Bertz CT molecular complexity index is 989. The van der Waals surface area contributed by atoms with E-state index in [1.807, 2.05) is 18.2 Å². The van der Waals surface area contributed by atoms with Gasteiger partial charge in [-0.2, -0.15) is 17.5 Å². The van der Waals surface area contributed by atoms with Crippen LogP contribution in [0.5, 0.6) is 0 Å². The predicted octanol–water partition coefficient (Wildman–Crippen LogP) is 2.67. The minimum Gasteiger partial charge on any atom is -0.314 e. The van der Waals surface area contributed by atoms with Crippen LogP contribution < -0.4 is 4.90 Å². The van der Waals surface area contributed by atoms with E-state index in [1.54, 1.807) is 24.1 Å². The van der Waals surface area contributed by atoms with E-state index in [2.05, 4.69) is 0 Å². The van der Waals surface area contributed by atoms with Gasteiger partial charge in [0.05, 0.1) is 17.0 Å². The van der Waals surface area contributed by atoms with Crippen LogP contribution in [0.25, 0.3) is 0 Å². The number of benzene rings is 2. The number of hydrogen-bond acceptors (Lipinski definition) is 4. The minimum absolute atomic E-state index is 0.0108. The molecule has 1 saturated heterocycles. The number of nitrogens with zero attached hydrogens (tertiary/aromatic N) is 3. The Hall–Kier alpha value is -2.43. The van der Waals surface area contributed by atoms with Gasteiger partial charge in [-0.15, -0.1) is 0 Å². The van der Waals surface area contributed by atoms with Crippen LogP contribution in [0, 0.1) is 0 Å². The summed E-state index contributed by atoms with van der Waals surface area (Å²) in [6.07, 6.45) is -4.76. The van der Waals surface area contributed by atoms with E-state index in [1.165, 1.54) is 11.0 Å². The average molecular weight is 441 g/mol. The Labute approximate surface area is 173 Å². The van der Waals surface area contributed by atoms with Crippen molar-refractivity contribution in [3.63, 3.8) is 0 Å². The second-order valence-electron chi connectivity index (χ2n) is 6.96. The van der Waals surface area contributed by atoms with Crippen molar-refractivity contribution in [1.29, 1.82) is 0 Å². The van der Waals surface area contributed by atoms with E-state index in [0.29, 0.717) is 0 Å². The summed E-state index contributed by atoms with van der Waals surface area (Å²) in [6.45, 7) is 0.621. The number of amides is 1. The van der Waals surface area contributed by atoms with Crippen molar-refractivity contribution >= 4 is 21.6 Å². The Morgan fingerprint density at radius 2 is 1.53 bits per heavy atom. The fourth-order valence-electron chi connectivity index (χ4n) is 3.29. The van der Waals surface area contributed by atoms with Gasteiger partial charge in [0.15, 0.2) is 0 Å². The molecule has 30 heavy (non-hydrogen) atoms. The molecule has 0 atom stereocenters. The summed E-state index contributed by atoms with van der Waals surface area (Å²) < 4.78 is 66.4. The normalized spacial score (nSPS) is 16.4. The molecule has 1 aliphatic heterocycles. The summed E-state index contributed by atoms with van der Waals surface area (Å²) in [4.78, 5) is 15.1. The molecule has 0 radical (unpaired) electrons. The largest absolute Gasteiger partial charge is 0.417 e. The Morgan fingerprint density at radius 1 is 0.967 bits per heavy atom. The molecule has 0 bridgehead atoms. The Kier molecular flexibility index (Phi) is 6.49. The van der Waals surface area contributed by atoms with Crippen LogP contribution in [-0.2, 0) is 21.0 Å². The van der Waals surface area contributed by atoms with Crippen molar-refractivity contribution in [3.05, 3.63) is 60.2 Å². The van der Waals surface area contributed by atoms with Crippen LogP contribution in [0.2, 0.25) is 0 Å². The number of carbonyl (C=O) groups is 1. The summed E-state index contributed by atoms with van der Waals surface area (Å²) in [5.74, 6) is -0.153. The van der Waals surface area contributed by atoms with Crippen LogP contribution in [0.4, 0.5) is 18.9 Å². The molecule has 1 fully saturated rings. The lowest BCUT2D eigenvalue weighted by molar-refractivity contribution is -0.140. The minimum atomic E-state index is -4.76. The van der Waals surface area contributed by atoms with Crippen molar-refractivity contribution in [1.82, 2.24) is 9.21 Å². The molecule has 1 heterocycles. The van der Waals surface area contributed by atoms with Crippen LogP contribution in [0.15, 0.2) is 59.5 Å². The molecule has 0 unspecified atom stereocenters. The van der Waals surface area contributed by atoms with Gasteiger partial charge >= 0.3 is 6.18 Å². The number of anilines is 1. The number of carbonyl (C=O) groups excluding carboxylic acids is 1. The van der Waals surface area contributed by atoms with Crippen LogP contribution in [-0.4, -0.2) is 63.3 Å². The monoisotopic (exact) mass is 441 g/mol. The van der Waals surface area contributed by atoms with E-state index in [9.17, 15) is 26.4 Å². The molecular weight excluding hydrogens is 419 g/mol. The smallest absolute Gasteiger partial charge is 0.314 e.